The first-order valence-electron chi connectivity index (χ1n) is 14.2. The Labute approximate surface area is 258 Å². The topological polar surface area (TPSA) is 173 Å². The number of aromatic amines is 1. The van der Waals surface area contributed by atoms with Crippen molar-refractivity contribution in [2.75, 3.05) is 18.5 Å². The summed E-state index contributed by atoms with van der Waals surface area (Å²) in [6.07, 6.45) is -2.06. The van der Waals surface area contributed by atoms with Crippen LogP contribution in [0.15, 0.2) is 108 Å². The molecular weight excluding hydrogens is 576 g/mol. The molecule has 0 fully saturated rings. The van der Waals surface area contributed by atoms with E-state index in [1.54, 1.807) is 54.6 Å². The highest BCUT2D eigenvalue weighted by Crippen LogP contribution is 2.29. The first kappa shape index (κ1) is 30.8. The third kappa shape index (κ3) is 8.05. The van der Waals surface area contributed by atoms with Gasteiger partial charge < -0.3 is 41.0 Å². The molecule has 2 atom stereocenters. The molecule has 0 saturated carbocycles. The summed E-state index contributed by atoms with van der Waals surface area (Å²) in [6, 6.07) is 28.7. The SMILES string of the molecule is O=C(O)N[C@@H](c1ccccc1)c1cccc(OCC(=O)Nc2cccc(CNCC(O)c3ccc(O)c4[nH]c(=O)ccc34)c2)c1. The van der Waals surface area contributed by atoms with Gasteiger partial charge in [0.05, 0.1) is 17.7 Å². The number of carbonyl (C=O) groups is 2. The van der Waals surface area contributed by atoms with Crippen molar-refractivity contribution in [3.63, 3.8) is 0 Å². The Hall–Kier alpha value is -5.65. The molecule has 5 aromatic rings. The van der Waals surface area contributed by atoms with Crippen LogP contribution in [0.3, 0.4) is 0 Å². The summed E-state index contributed by atoms with van der Waals surface area (Å²) in [4.78, 5) is 38.4. The minimum absolute atomic E-state index is 0.0749. The van der Waals surface area contributed by atoms with E-state index in [4.69, 9.17) is 4.74 Å². The number of phenols is 1. The van der Waals surface area contributed by atoms with Crippen LogP contribution in [-0.4, -0.2) is 45.5 Å². The molecule has 11 nitrogen and oxygen atoms in total. The third-order valence-corrected chi connectivity index (χ3v) is 7.11. The normalized spacial score (nSPS) is 12.3. The number of amides is 2. The summed E-state index contributed by atoms with van der Waals surface area (Å²) in [5.74, 6) is -0.0318. The lowest BCUT2D eigenvalue weighted by Crippen LogP contribution is -2.27. The zero-order valence-corrected chi connectivity index (χ0v) is 24.1. The van der Waals surface area contributed by atoms with Crippen LogP contribution >= 0.6 is 0 Å². The highest BCUT2D eigenvalue weighted by Gasteiger charge is 2.17. The number of pyridine rings is 1. The van der Waals surface area contributed by atoms with E-state index in [9.17, 15) is 29.7 Å². The Morgan fingerprint density at radius 1 is 0.867 bits per heavy atom. The molecule has 0 bridgehead atoms. The van der Waals surface area contributed by atoms with Gasteiger partial charge in [0.1, 0.15) is 11.5 Å². The third-order valence-electron chi connectivity index (χ3n) is 7.11. The van der Waals surface area contributed by atoms with Gasteiger partial charge in [0.2, 0.25) is 5.56 Å². The second-order valence-electron chi connectivity index (χ2n) is 10.3. The summed E-state index contributed by atoms with van der Waals surface area (Å²) >= 11 is 0. The zero-order chi connectivity index (χ0) is 31.8. The number of anilines is 1. The standard InChI is InChI=1S/C34H32N4O7/c39-28-14-12-26(27-13-15-30(41)37-33(27)28)29(40)19-35-18-21-6-4-10-24(16-21)36-31(42)20-45-25-11-5-9-23(17-25)32(38-34(43)44)22-7-2-1-3-8-22/h1-17,29,32,35,38-40H,18-20H2,(H,36,42)(H,37,41)(H,43,44)/t29?,32-/m0/s1. The maximum Gasteiger partial charge on any atom is 0.405 e. The number of aliphatic hydroxyl groups is 1. The molecule has 230 valence electrons. The molecule has 0 spiro atoms. The number of benzene rings is 4. The average Bonchev–Trinajstić information content (AvgIpc) is 3.03. The van der Waals surface area contributed by atoms with Crippen molar-refractivity contribution in [1.29, 1.82) is 0 Å². The predicted molar refractivity (Wildman–Crippen MR) is 169 cm³/mol. The van der Waals surface area contributed by atoms with Gasteiger partial charge in [-0.1, -0.05) is 60.7 Å². The molecule has 1 heterocycles. The number of hydrogen-bond acceptors (Lipinski definition) is 7. The van der Waals surface area contributed by atoms with Gasteiger partial charge in [-0.3, -0.25) is 9.59 Å². The first-order chi connectivity index (χ1) is 21.8. The summed E-state index contributed by atoms with van der Waals surface area (Å²) in [7, 11) is 0. The number of hydrogen-bond donors (Lipinski definition) is 7. The lowest BCUT2D eigenvalue weighted by atomic mass is 9.99. The Kier molecular flexibility index (Phi) is 9.73. The van der Waals surface area contributed by atoms with Gasteiger partial charge in [0.25, 0.3) is 5.91 Å². The summed E-state index contributed by atoms with van der Waals surface area (Å²) in [5, 5.41) is 39.3. The van der Waals surface area contributed by atoms with Gasteiger partial charge in [-0.05, 0) is 58.7 Å². The lowest BCUT2D eigenvalue weighted by Gasteiger charge is -2.19. The van der Waals surface area contributed by atoms with Crippen LogP contribution in [0.4, 0.5) is 10.5 Å². The van der Waals surface area contributed by atoms with Crippen molar-refractivity contribution in [2.45, 2.75) is 18.7 Å². The predicted octanol–water partition coefficient (Wildman–Crippen LogP) is 4.43. The van der Waals surface area contributed by atoms with Gasteiger partial charge in [0, 0.05) is 30.2 Å². The van der Waals surface area contributed by atoms with E-state index in [2.05, 4.69) is 20.9 Å². The van der Waals surface area contributed by atoms with Crippen molar-refractivity contribution in [2.24, 2.45) is 0 Å². The maximum absolute atomic E-state index is 12.7. The van der Waals surface area contributed by atoms with Crippen molar-refractivity contribution < 1.29 is 29.6 Å². The Bertz CT molecular complexity index is 1860. The molecule has 0 aliphatic carbocycles. The zero-order valence-electron chi connectivity index (χ0n) is 24.1. The molecule has 0 aliphatic rings. The van der Waals surface area contributed by atoms with Crippen LogP contribution in [0.5, 0.6) is 11.5 Å². The van der Waals surface area contributed by atoms with E-state index in [0.717, 1.165) is 11.1 Å². The molecule has 0 aliphatic heterocycles. The van der Waals surface area contributed by atoms with Gasteiger partial charge >= 0.3 is 6.09 Å². The summed E-state index contributed by atoms with van der Waals surface area (Å²) in [5.41, 5.74) is 3.35. The number of aromatic nitrogens is 1. The Balaban J connectivity index is 1.15. The summed E-state index contributed by atoms with van der Waals surface area (Å²) in [6.45, 7) is 0.353. The number of H-pyrrole nitrogens is 1. The molecular formula is C34H32N4O7. The van der Waals surface area contributed by atoms with Crippen molar-refractivity contribution >= 4 is 28.6 Å². The molecule has 1 aromatic heterocycles. The van der Waals surface area contributed by atoms with E-state index < -0.39 is 18.2 Å². The molecule has 2 amide bonds. The number of phenolic OH excluding ortho intramolecular Hbond substituents is 1. The fraction of sp³-hybridized carbons (Fsp3) is 0.147. The Morgan fingerprint density at radius 2 is 1.64 bits per heavy atom. The first-order valence-corrected chi connectivity index (χ1v) is 14.2. The van der Waals surface area contributed by atoms with E-state index in [0.29, 0.717) is 34.5 Å². The van der Waals surface area contributed by atoms with Crippen molar-refractivity contribution in [1.82, 2.24) is 15.6 Å². The molecule has 4 aromatic carbocycles. The molecule has 1 unspecified atom stereocenters. The van der Waals surface area contributed by atoms with E-state index >= 15 is 0 Å². The second-order valence-corrected chi connectivity index (χ2v) is 10.3. The minimum atomic E-state index is -1.16. The fourth-order valence-electron chi connectivity index (χ4n) is 5.03. The minimum Gasteiger partial charge on any atom is -0.506 e. The van der Waals surface area contributed by atoms with Gasteiger partial charge in [0.15, 0.2) is 6.61 Å². The van der Waals surface area contributed by atoms with Crippen LogP contribution in [0, 0.1) is 0 Å². The largest absolute Gasteiger partial charge is 0.506 e. The molecule has 0 saturated heterocycles. The van der Waals surface area contributed by atoms with Gasteiger partial charge in [-0.2, -0.15) is 0 Å². The average molecular weight is 609 g/mol. The maximum atomic E-state index is 12.7. The highest BCUT2D eigenvalue weighted by molar-refractivity contribution is 5.92. The van der Waals surface area contributed by atoms with E-state index in [-0.39, 0.29) is 35.9 Å². The molecule has 7 N–H and O–H groups in total. The van der Waals surface area contributed by atoms with Crippen LogP contribution in [0.25, 0.3) is 10.9 Å². The number of aromatic hydroxyl groups is 1. The van der Waals surface area contributed by atoms with Crippen LogP contribution in [-0.2, 0) is 11.3 Å². The number of fused-ring (bicyclic) bond motifs is 1. The van der Waals surface area contributed by atoms with Crippen molar-refractivity contribution in [3.8, 4) is 11.5 Å². The summed E-state index contributed by atoms with van der Waals surface area (Å²) < 4.78 is 5.72. The number of aliphatic hydroxyl groups excluding tert-OH is 1. The number of rotatable bonds is 12. The van der Waals surface area contributed by atoms with Gasteiger partial charge in [-0.25, -0.2) is 4.79 Å². The second kappa shape index (κ2) is 14.2. The molecule has 0 radical (unpaired) electrons. The molecule has 5 rings (SSSR count). The van der Waals surface area contributed by atoms with Crippen LogP contribution in [0.1, 0.15) is 34.4 Å². The fourth-order valence-corrected chi connectivity index (χ4v) is 5.03. The molecule has 45 heavy (non-hydrogen) atoms. The Morgan fingerprint density at radius 3 is 2.44 bits per heavy atom. The van der Waals surface area contributed by atoms with Crippen LogP contribution < -0.4 is 26.2 Å². The quantitative estimate of drug-likeness (QED) is 0.109. The number of carboxylic acid groups (broad SMARTS) is 1. The smallest absolute Gasteiger partial charge is 0.405 e. The van der Waals surface area contributed by atoms with Crippen LogP contribution in [0.2, 0.25) is 0 Å². The highest BCUT2D eigenvalue weighted by atomic mass is 16.5. The van der Waals surface area contributed by atoms with E-state index in [1.165, 1.54) is 12.1 Å². The van der Waals surface area contributed by atoms with Gasteiger partial charge in [-0.15, -0.1) is 0 Å². The number of carbonyl (C=O) groups excluding carboxylic acids is 1. The number of ether oxygens (including phenoxy) is 1. The van der Waals surface area contributed by atoms with E-state index in [1.807, 2.05) is 36.4 Å². The lowest BCUT2D eigenvalue weighted by molar-refractivity contribution is -0.118. The monoisotopic (exact) mass is 608 g/mol. The van der Waals surface area contributed by atoms with Crippen molar-refractivity contribution in [3.05, 3.63) is 136 Å². The molecule has 11 heteroatoms. The number of nitrogens with one attached hydrogen (secondary N) is 4.